The Morgan fingerprint density at radius 3 is 1.55 bits per heavy atom. The molecule has 3 heteroatoms. The van der Waals surface area contributed by atoms with Crippen LogP contribution in [0.5, 0.6) is 0 Å². The van der Waals surface area contributed by atoms with E-state index in [4.69, 9.17) is 15.0 Å². The Morgan fingerprint density at radius 2 is 1.12 bits per heavy atom. The molecule has 0 heterocycles. The van der Waals surface area contributed by atoms with Gasteiger partial charge in [0, 0.05) is 5.41 Å². The lowest BCUT2D eigenvalue weighted by Crippen LogP contribution is -2.22. The van der Waals surface area contributed by atoms with Crippen LogP contribution in [0.1, 0.15) is 47.2 Å². The molecule has 0 radical (unpaired) electrons. The van der Waals surface area contributed by atoms with Crippen LogP contribution in [0.25, 0.3) is 33.7 Å². The van der Waals surface area contributed by atoms with E-state index < -0.39 is 6.16 Å². The highest BCUT2D eigenvalue weighted by Gasteiger charge is 2.30. The number of carbonyl (C=O) groups is 1. The summed E-state index contributed by atoms with van der Waals surface area (Å²) >= 11 is 0. The Labute approximate surface area is 193 Å². The van der Waals surface area contributed by atoms with Gasteiger partial charge < -0.3 is 10.2 Å². The maximum absolute atomic E-state index is 8.56. The normalized spacial score (nSPS) is 13.6. The fourth-order valence-corrected chi connectivity index (χ4v) is 5.50. The highest BCUT2D eigenvalue weighted by atomic mass is 16.6. The van der Waals surface area contributed by atoms with E-state index in [9.17, 15) is 0 Å². The molecule has 0 saturated carbocycles. The van der Waals surface area contributed by atoms with Crippen LogP contribution in [-0.2, 0) is 18.3 Å². The summed E-state index contributed by atoms with van der Waals surface area (Å²) in [5.74, 6) is 0. The molecule has 2 N–H and O–H groups in total. The first-order valence-electron chi connectivity index (χ1n) is 11.2. The molecule has 0 aromatic heterocycles. The van der Waals surface area contributed by atoms with Gasteiger partial charge in [-0.05, 0) is 67.8 Å². The van der Waals surface area contributed by atoms with Gasteiger partial charge in [0.2, 0.25) is 0 Å². The van der Waals surface area contributed by atoms with Crippen LogP contribution < -0.4 is 0 Å². The van der Waals surface area contributed by atoms with Crippen molar-refractivity contribution >= 4 is 39.9 Å². The largest absolute Gasteiger partial charge is 0.503 e. The van der Waals surface area contributed by atoms with Crippen molar-refractivity contribution in [1.29, 1.82) is 0 Å². The maximum Gasteiger partial charge on any atom is 0.503 e. The van der Waals surface area contributed by atoms with Crippen molar-refractivity contribution in [1.82, 2.24) is 0 Å². The van der Waals surface area contributed by atoms with Crippen LogP contribution >= 0.6 is 0 Å². The lowest BCUT2D eigenvalue weighted by Gasteiger charge is -2.32. The van der Waals surface area contributed by atoms with E-state index in [0.717, 1.165) is 12.8 Å². The molecular weight excluding hydrogens is 408 g/mol. The number of allylic oxidation sites excluding steroid dienone is 2. The van der Waals surface area contributed by atoms with E-state index in [1.54, 1.807) is 0 Å². The first kappa shape index (κ1) is 21.0. The molecule has 0 saturated heterocycles. The zero-order chi connectivity index (χ0) is 23.2. The van der Waals surface area contributed by atoms with Gasteiger partial charge in [-0.25, -0.2) is 4.79 Å². The third-order valence-corrected chi connectivity index (χ3v) is 6.94. The molecule has 0 fully saturated rings. The van der Waals surface area contributed by atoms with Crippen molar-refractivity contribution in [3.8, 4) is 0 Å². The summed E-state index contributed by atoms with van der Waals surface area (Å²) in [7, 11) is 0. The number of hydrogen-bond donors (Lipinski definition) is 2. The van der Waals surface area contributed by atoms with E-state index in [-0.39, 0.29) is 5.41 Å². The van der Waals surface area contributed by atoms with Crippen molar-refractivity contribution in [3.63, 3.8) is 0 Å². The van der Waals surface area contributed by atoms with Crippen molar-refractivity contribution < 1.29 is 15.0 Å². The van der Waals surface area contributed by atoms with Gasteiger partial charge in [0.1, 0.15) is 0 Å². The molecule has 2 aliphatic carbocycles. The average Bonchev–Trinajstić information content (AvgIpc) is 2.80. The zero-order valence-electron chi connectivity index (χ0n) is 18.8. The Hall–Kier alpha value is -3.85. The number of benzene rings is 4. The zero-order valence-corrected chi connectivity index (χ0v) is 18.8. The summed E-state index contributed by atoms with van der Waals surface area (Å²) in [5.41, 5.74) is 8.43. The van der Waals surface area contributed by atoms with Crippen LogP contribution in [0.3, 0.4) is 0 Å². The summed E-state index contributed by atoms with van der Waals surface area (Å²) in [6.07, 6.45) is 9.56. The molecule has 0 bridgehead atoms. The van der Waals surface area contributed by atoms with Crippen LogP contribution in [0.2, 0.25) is 0 Å². The van der Waals surface area contributed by atoms with Crippen molar-refractivity contribution in [2.24, 2.45) is 0 Å². The standard InChI is InChI=1S/C29H24.CH2O3/c1-29(2,25-17-15-21-9-3-7-19-11-5-13-23(25)27(19)21)26-18-16-22-10-4-8-20-12-6-14-24(26)28(20)22;2-1(3)4/h3-10,13-18H,11-12H2,1-2H3;(H2,2,3,4). The summed E-state index contributed by atoms with van der Waals surface area (Å²) in [4.78, 5) is 8.56. The van der Waals surface area contributed by atoms with Crippen molar-refractivity contribution in [2.75, 3.05) is 0 Å². The minimum atomic E-state index is -1.83. The SMILES string of the molecule is CC(C)(c1ccc2cccc3c2c1C=CC3)c1ccc2cccc3c2c1C=CC3.O=C(O)O. The minimum Gasteiger partial charge on any atom is -0.450 e. The second-order valence-corrected chi connectivity index (χ2v) is 9.20. The highest BCUT2D eigenvalue weighted by Crippen LogP contribution is 2.43. The van der Waals surface area contributed by atoms with Gasteiger partial charge in [0.25, 0.3) is 0 Å². The first-order valence-corrected chi connectivity index (χ1v) is 11.2. The average molecular weight is 435 g/mol. The molecule has 0 spiro atoms. The van der Waals surface area contributed by atoms with E-state index in [1.165, 1.54) is 54.9 Å². The lowest BCUT2D eigenvalue weighted by molar-refractivity contribution is 0.137. The molecule has 0 unspecified atom stereocenters. The van der Waals surface area contributed by atoms with E-state index in [2.05, 4.69) is 98.8 Å². The second-order valence-electron chi connectivity index (χ2n) is 9.20. The number of carboxylic acid groups (broad SMARTS) is 2. The van der Waals surface area contributed by atoms with Gasteiger partial charge in [-0.15, -0.1) is 0 Å². The van der Waals surface area contributed by atoms with Gasteiger partial charge in [-0.1, -0.05) is 98.8 Å². The Bertz CT molecular complexity index is 1360. The second kappa shape index (κ2) is 7.93. The lowest BCUT2D eigenvalue weighted by atomic mass is 9.71. The summed E-state index contributed by atoms with van der Waals surface area (Å²) in [6, 6.07) is 22.7. The van der Waals surface area contributed by atoms with Crippen LogP contribution in [0, 0.1) is 0 Å². The molecule has 3 nitrogen and oxygen atoms in total. The van der Waals surface area contributed by atoms with Crippen molar-refractivity contribution in [2.45, 2.75) is 32.1 Å². The molecule has 33 heavy (non-hydrogen) atoms. The fourth-order valence-electron chi connectivity index (χ4n) is 5.50. The summed E-state index contributed by atoms with van der Waals surface area (Å²) in [5, 5.41) is 19.5. The quantitative estimate of drug-likeness (QED) is 0.340. The third-order valence-electron chi connectivity index (χ3n) is 6.94. The van der Waals surface area contributed by atoms with E-state index >= 15 is 0 Å². The summed E-state index contributed by atoms with van der Waals surface area (Å²) in [6.45, 7) is 4.77. The van der Waals surface area contributed by atoms with Gasteiger partial charge in [-0.3, -0.25) is 0 Å². The molecule has 0 aliphatic heterocycles. The Balaban J connectivity index is 0.000000531. The first-order chi connectivity index (χ1) is 15.9. The molecule has 0 amide bonds. The molecule has 164 valence electrons. The third kappa shape index (κ3) is 3.50. The topological polar surface area (TPSA) is 57.5 Å². The van der Waals surface area contributed by atoms with Crippen molar-refractivity contribution in [3.05, 3.63) is 106 Å². The maximum atomic E-state index is 8.56. The van der Waals surface area contributed by atoms with E-state index in [0.29, 0.717) is 0 Å². The number of rotatable bonds is 2. The fraction of sp³-hybridized carbons (Fsp3) is 0.167. The molecule has 0 atom stereocenters. The number of hydrogen-bond acceptors (Lipinski definition) is 1. The van der Waals surface area contributed by atoms with Gasteiger partial charge in [0.05, 0.1) is 0 Å². The van der Waals surface area contributed by atoms with Gasteiger partial charge in [0.15, 0.2) is 0 Å². The molecule has 2 aliphatic rings. The van der Waals surface area contributed by atoms with Gasteiger partial charge in [-0.2, -0.15) is 0 Å². The summed E-state index contributed by atoms with van der Waals surface area (Å²) < 4.78 is 0. The Kier molecular flexibility index (Phi) is 5.05. The minimum absolute atomic E-state index is 0.0867. The smallest absolute Gasteiger partial charge is 0.450 e. The molecule has 4 aromatic carbocycles. The van der Waals surface area contributed by atoms with Crippen LogP contribution in [0.4, 0.5) is 4.79 Å². The predicted molar refractivity (Wildman–Crippen MR) is 136 cm³/mol. The van der Waals surface area contributed by atoms with Crippen LogP contribution in [-0.4, -0.2) is 16.4 Å². The predicted octanol–water partition coefficient (Wildman–Crippen LogP) is 7.68. The highest BCUT2D eigenvalue weighted by molar-refractivity contribution is 5.99. The monoisotopic (exact) mass is 434 g/mol. The van der Waals surface area contributed by atoms with Crippen LogP contribution in [0.15, 0.2) is 72.8 Å². The molecule has 6 rings (SSSR count). The van der Waals surface area contributed by atoms with Gasteiger partial charge >= 0.3 is 6.16 Å². The molecule has 4 aromatic rings. The van der Waals surface area contributed by atoms with E-state index in [1.807, 2.05) is 0 Å². The Morgan fingerprint density at radius 1 is 0.697 bits per heavy atom. The molecular formula is C30H26O3.